The zero-order valence-electron chi connectivity index (χ0n) is 24.7. The minimum absolute atomic E-state index is 0.102. The number of amides is 1. The van der Waals surface area contributed by atoms with E-state index in [9.17, 15) is 18.0 Å². The van der Waals surface area contributed by atoms with E-state index in [1.54, 1.807) is 31.6 Å². The number of aliphatic carboxylic acids is 1. The van der Waals surface area contributed by atoms with Crippen molar-refractivity contribution in [1.29, 1.82) is 0 Å². The molecule has 5 rings (SSSR count). The summed E-state index contributed by atoms with van der Waals surface area (Å²) in [5.41, 5.74) is 3.20. The molecule has 4 aromatic rings. The smallest absolute Gasteiger partial charge is 0.490 e. The highest BCUT2D eigenvalue weighted by Gasteiger charge is 2.38. The summed E-state index contributed by atoms with van der Waals surface area (Å²) in [5, 5.41) is 9.99. The molecule has 3 aromatic carbocycles. The van der Waals surface area contributed by atoms with Gasteiger partial charge in [0, 0.05) is 31.1 Å². The standard InChI is InChI=1S/C32H34N2O4.C2HF3O2/c1-36-31-21-26(32(35)33-22-28-13-8-20-37-28)14-15-30(31)38-27-16-18-34(19-17-27)23-29(24-9-4-2-5-10-24)25-11-6-3-7-12-25;3-2(4,5)1(6)7/h2-15,20-21,27,29H,16-19,22-23H2,1H3,(H,33,35);(H,6,7). The van der Waals surface area contributed by atoms with Gasteiger partial charge in [-0.25, -0.2) is 4.79 Å². The molecule has 0 atom stereocenters. The van der Waals surface area contributed by atoms with Gasteiger partial charge in [0.05, 0.1) is 19.9 Å². The second-order valence-electron chi connectivity index (χ2n) is 10.4. The van der Waals surface area contributed by atoms with Crippen molar-refractivity contribution >= 4 is 11.9 Å². The Hall–Kier alpha value is -4.77. The number of rotatable bonds is 10. The molecular formula is C34H35F3N2O6. The third-order valence-electron chi connectivity index (χ3n) is 7.34. The molecule has 1 saturated heterocycles. The molecule has 0 saturated carbocycles. The van der Waals surface area contributed by atoms with E-state index in [1.165, 1.54) is 11.1 Å². The second-order valence-corrected chi connectivity index (χ2v) is 10.4. The molecule has 45 heavy (non-hydrogen) atoms. The van der Waals surface area contributed by atoms with E-state index < -0.39 is 12.1 Å². The van der Waals surface area contributed by atoms with Gasteiger partial charge in [-0.1, -0.05) is 60.7 Å². The largest absolute Gasteiger partial charge is 0.493 e. The maximum Gasteiger partial charge on any atom is 0.490 e. The highest BCUT2D eigenvalue weighted by Crippen LogP contribution is 2.32. The molecule has 1 aliphatic rings. The number of benzene rings is 3. The van der Waals surface area contributed by atoms with Crippen LogP contribution < -0.4 is 14.8 Å². The summed E-state index contributed by atoms with van der Waals surface area (Å²) in [5.74, 6) is -0.679. The van der Waals surface area contributed by atoms with Crippen LogP contribution in [0.25, 0.3) is 0 Å². The number of nitrogens with one attached hydrogen (secondary N) is 1. The van der Waals surface area contributed by atoms with E-state index in [0.29, 0.717) is 35.3 Å². The molecule has 8 nitrogen and oxygen atoms in total. The quantitative estimate of drug-likeness (QED) is 0.207. The van der Waals surface area contributed by atoms with Crippen LogP contribution in [-0.4, -0.2) is 60.9 Å². The van der Waals surface area contributed by atoms with Crippen molar-refractivity contribution in [2.24, 2.45) is 0 Å². The molecule has 11 heteroatoms. The Morgan fingerprint density at radius 3 is 2.04 bits per heavy atom. The van der Waals surface area contributed by atoms with E-state index >= 15 is 0 Å². The molecule has 0 spiro atoms. The Labute approximate surface area is 259 Å². The Bertz CT molecular complexity index is 1450. The number of hydrogen-bond donors (Lipinski definition) is 2. The van der Waals surface area contributed by atoms with Crippen LogP contribution in [0.2, 0.25) is 0 Å². The number of methoxy groups -OCH3 is 1. The number of nitrogens with zero attached hydrogens (tertiary/aromatic N) is 1. The second kappa shape index (κ2) is 15.8. The first-order chi connectivity index (χ1) is 21.6. The van der Waals surface area contributed by atoms with Gasteiger partial charge in [0.1, 0.15) is 11.9 Å². The van der Waals surface area contributed by atoms with Crippen molar-refractivity contribution in [2.45, 2.75) is 37.6 Å². The molecule has 2 N–H and O–H groups in total. The van der Waals surface area contributed by atoms with E-state index in [-0.39, 0.29) is 12.0 Å². The number of carbonyl (C=O) groups is 2. The monoisotopic (exact) mass is 624 g/mol. The van der Waals surface area contributed by atoms with E-state index in [0.717, 1.165) is 32.5 Å². The number of hydrogen-bond acceptors (Lipinski definition) is 6. The maximum absolute atomic E-state index is 12.6. The van der Waals surface area contributed by atoms with Gasteiger partial charge < -0.3 is 29.2 Å². The number of alkyl halides is 3. The van der Waals surface area contributed by atoms with Crippen LogP contribution in [-0.2, 0) is 11.3 Å². The topological polar surface area (TPSA) is 101 Å². The number of ether oxygens (including phenoxy) is 2. The minimum atomic E-state index is -5.08. The third kappa shape index (κ3) is 9.87. The number of halogens is 3. The van der Waals surface area contributed by atoms with E-state index in [2.05, 4.69) is 70.9 Å². The molecular weight excluding hydrogens is 589 g/mol. The van der Waals surface area contributed by atoms with E-state index in [1.807, 2.05) is 12.1 Å². The van der Waals surface area contributed by atoms with Crippen LogP contribution in [0.15, 0.2) is 102 Å². The fourth-order valence-corrected chi connectivity index (χ4v) is 5.01. The van der Waals surface area contributed by atoms with Crippen LogP contribution in [0.5, 0.6) is 11.5 Å². The van der Waals surface area contributed by atoms with Gasteiger partial charge in [-0.05, 0) is 54.3 Å². The molecule has 2 heterocycles. The molecule has 238 valence electrons. The summed E-state index contributed by atoms with van der Waals surface area (Å²) in [4.78, 5) is 24.0. The lowest BCUT2D eigenvalue weighted by atomic mass is 9.90. The summed E-state index contributed by atoms with van der Waals surface area (Å²) in [7, 11) is 1.60. The summed E-state index contributed by atoms with van der Waals surface area (Å²) >= 11 is 0. The summed E-state index contributed by atoms with van der Waals surface area (Å²) < 4.78 is 48.9. The zero-order chi connectivity index (χ0) is 32.2. The van der Waals surface area contributed by atoms with Crippen molar-refractivity contribution in [3.63, 3.8) is 0 Å². The van der Waals surface area contributed by atoms with Crippen LogP contribution in [0, 0.1) is 0 Å². The number of piperidine rings is 1. The van der Waals surface area contributed by atoms with Crippen LogP contribution in [0.3, 0.4) is 0 Å². The van der Waals surface area contributed by atoms with Crippen molar-refractivity contribution in [1.82, 2.24) is 10.2 Å². The Morgan fingerprint density at radius 1 is 0.933 bits per heavy atom. The first-order valence-electron chi connectivity index (χ1n) is 14.4. The maximum atomic E-state index is 12.6. The lowest BCUT2D eigenvalue weighted by Gasteiger charge is -2.35. The lowest BCUT2D eigenvalue weighted by molar-refractivity contribution is -0.192. The number of carbonyl (C=O) groups excluding carboxylic acids is 1. The Balaban J connectivity index is 0.000000591. The van der Waals surface area contributed by atoms with Gasteiger partial charge in [-0.15, -0.1) is 0 Å². The highest BCUT2D eigenvalue weighted by atomic mass is 19.4. The zero-order valence-corrected chi connectivity index (χ0v) is 24.7. The van der Waals surface area contributed by atoms with Crippen LogP contribution >= 0.6 is 0 Å². The predicted molar refractivity (Wildman–Crippen MR) is 161 cm³/mol. The predicted octanol–water partition coefficient (Wildman–Crippen LogP) is 6.53. The van der Waals surface area contributed by atoms with Gasteiger partial charge in [0.2, 0.25) is 0 Å². The van der Waals surface area contributed by atoms with Crippen LogP contribution in [0.1, 0.15) is 46.0 Å². The average Bonchev–Trinajstić information content (AvgIpc) is 3.58. The van der Waals surface area contributed by atoms with Gasteiger partial charge in [0.25, 0.3) is 5.91 Å². The molecule has 1 aromatic heterocycles. The molecule has 0 unspecified atom stereocenters. The molecule has 1 fully saturated rings. The van der Waals surface area contributed by atoms with Crippen LogP contribution in [0.4, 0.5) is 13.2 Å². The summed E-state index contributed by atoms with van der Waals surface area (Å²) in [6.07, 6.45) is -1.52. The SMILES string of the molecule is COc1cc(C(=O)NCc2ccco2)ccc1OC1CCN(CC(c2ccccc2)c2ccccc2)CC1.O=C(O)C(F)(F)F. The Kier molecular flexibility index (Phi) is 11.6. The van der Waals surface area contributed by atoms with Gasteiger partial charge >= 0.3 is 12.1 Å². The lowest BCUT2D eigenvalue weighted by Crippen LogP contribution is -2.40. The third-order valence-corrected chi connectivity index (χ3v) is 7.34. The highest BCUT2D eigenvalue weighted by molar-refractivity contribution is 5.94. The molecule has 1 aliphatic heterocycles. The molecule has 1 amide bonds. The average molecular weight is 625 g/mol. The molecule has 0 radical (unpaired) electrons. The number of carboxylic acid groups (broad SMARTS) is 1. The Morgan fingerprint density at radius 2 is 1.53 bits per heavy atom. The fraction of sp³-hybridized carbons (Fsp3) is 0.294. The normalized spacial score (nSPS) is 13.9. The number of furan rings is 1. The van der Waals surface area contributed by atoms with Gasteiger partial charge in [-0.2, -0.15) is 13.2 Å². The first-order valence-corrected chi connectivity index (χ1v) is 14.4. The van der Waals surface area contributed by atoms with Crippen molar-refractivity contribution < 1.29 is 41.8 Å². The minimum Gasteiger partial charge on any atom is -0.493 e. The number of likely N-dealkylation sites (tertiary alicyclic amines) is 1. The number of carboxylic acids is 1. The van der Waals surface area contributed by atoms with E-state index in [4.69, 9.17) is 23.8 Å². The molecule has 0 aliphatic carbocycles. The first kappa shape index (κ1) is 33.1. The van der Waals surface area contributed by atoms with Crippen molar-refractivity contribution in [3.8, 4) is 11.5 Å². The van der Waals surface area contributed by atoms with Crippen molar-refractivity contribution in [2.75, 3.05) is 26.7 Å². The summed E-state index contributed by atoms with van der Waals surface area (Å²) in [6, 6.07) is 30.5. The fourth-order valence-electron chi connectivity index (χ4n) is 5.01. The van der Waals surface area contributed by atoms with Gasteiger partial charge in [-0.3, -0.25) is 4.79 Å². The summed E-state index contributed by atoms with van der Waals surface area (Å²) in [6.45, 7) is 3.25. The molecule has 0 bridgehead atoms. The van der Waals surface area contributed by atoms with Gasteiger partial charge in [0.15, 0.2) is 11.5 Å². The van der Waals surface area contributed by atoms with Crippen molar-refractivity contribution in [3.05, 3.63) is 120 Å².